The summed E-state index contributed by atoms with van der Waals surface area (Å²) in [6.45, 7) is 2.38. The quantitative estimate of drug-likeness (QED) is 0.575. The van der Waals surface area contributed by atoms with Gasteiger partial charge in [-0.1, -0.05) is 53.4 Å². The van der Waals surface area contributed by atoms with Gasteiger partial charge in [-0.3, -0.25) is 4.79 Å². The molecule has 1 aromatic rings. The lowest BCUT2D eigenvalue weighted by atomic mass is 9.73. The number of hydrogen-bond donors (Lipinski definition) is 2. The molecule has 1 atom stereocenters. The van der Waals surface area contributed by atoms with Crippen molar-refractivity contribution in [2.24, 2.45) is 0 Å². The molecular formula is C19H25BrN2O4. The third-order valence-corrected chi connectivity index (χ3v) is 5.99. The third kappa shape index (κ3) is 4.27. The first-order valence-corrected chi connectivity index (χ1v) is 9.99. The summed E-state index contributed by atoms with van der Waals surface area (Å²) in [5.74, 6) is -1.56. The first-order valence-electron chi connectivity index (χ1n) is 9.19. The number of halogens is 1. The number of ether oxygens (including phenoxy) is 1. The van der Waals surface area contributed by atoms with Gasteiger partial charge in [0, 0.05) is 30.7 Å². The van der Waals surface area contributed by atoms with Crippen LogP contribution in [0.1, 0.15) is 43.6 Å². The molecule has 2 fully saturated rings. The largest absolute Gasteiger partial charge is 0.417 e. The van der Waals surface area contributed by atoms with Crippen LogP contribution in [0.3, 0.4) is 0 Å². The topological polar surface area (TPSA) is 78.9 Å². The van der Waals surface area contributed by atoms with Crippen molar-refractivity contribution in [1.29, 1.82) is 0 Å². The molecule has 7 heteroatoms. The van der Waals surface area contributed by atoms with E-state index in [1.807, 2.05) is 18.2 Å². The lowest BCUT2D eigenvalue weighted by Crippen LogP contribution is -2.49. The van der Waals surface area contributed by atoms with Gasteiger partial charge in [-0.15, -0.1) is 0 Å². The predicted octanol–water partition coefficient (Wildman–Crippen LogP) is 2.80. The van der Waals surface area contributed by atoms with E-state index in [0.29, 0.717) is 44.6 Å². The van der Waals surface area contributed by atoms with Gasteiger partial charge in [-0.05, 0) is 24.5 Å². The Hall–Kier alpha value is -1.44. The maximum Gasteiger partial charge on any atom is 0.417 e. The molecule has 2 N–H and O–H groups in total. The first-order chi connectivity index (χ1) is 12.5. The second-order valence-corrected chi connectivity index (χ2v) is 7.90. The summed E-state index contributed by atoms with van der Waals surface area (Å²) in [4.78, 5) is 26.9. The average molecular weight is 425 g/mol. The van der Waals surface area contributed by atoms with Gasteiger partial charge in [0.05, 0.1) is 5.60 Å². The Morgan fingerprint density at radius 2 is 1.81 bits per heavy atom. The lowest BCUT2D eigenvalue weighted by molar-refractivity contribution is -0.149. The van der Waals surface area contributed by atoms with E-state index in [2.05, 4.69) is 21.2 Å². The number of nitrogens with one attached hydrogen (secondary N) is 1. The molecule has 1 unspecified atom stereocenters. The van der Waals surface area contributed by atoms with E-state index >= 15 is 0 Å². The van der Waals surface area contributed by atoms with Crippen LogP contribution in [0.4, 0.5) is 4.79 Å². The molecule has 1 saturated heterocycles. The molecule has 6 nitrogen and oxygen atoms in total. The van der Waals surface area contributed by atoms with E-state index in [1.165, 1.54) is 4.90 Å². The fraction of sp³-hybridized carbons (Fsp3) is 0.579. The molecule has 0 aromatic heterocycles. The minimum Gasteiger partial charge on any atom is -0.389 e. The van der Waals surface area contributed by atoms with Gasteiger partial charge in [0.2, 0.25) is 0 Å². The smallest absolute Gasteiger partial charge is 0.389 e. The molecule has 1 aliphatic heterocycles. The zero-order valence-corrected chi connectivity index (χ0v) is 16.3. The Labute approximate surface area is 162 Å². The lowest BCUT2D eigenvalue weighted by Gasteiger charge is -2.38. The van der Waals surface area contributed by atoms with Crippen LogP contribution in [0.5, 0.6) is 0 Å². The highest BCUT2D eigenvalue weighted by atomic mass is 79.9. The van der Waals surface area contributed by atoms with Crippen LogP contribution in [-0.2, 0) is 9.53 Å². The molecular weight excluding hydrogens is 400 g/mol. The second kappa shape index (κ2) is 8.50. The van der Waals surface area contributed by atoms with Crippen molar-refractivity contribution in [3.05, 3.63) is 34.3 Å². The van der Waals surface area contributed by atoms with Gasteiger partial charge in [0.1, 0.15) is 5.92 Å². The van der Waals surface area contributed by atoms with Crippen LogP contribution < -0.4 is 5.32 Å². The highest BCUT2D eigenvalue weighted by Gasteiger charge is 2.45. The Bertz CT molecular complexity index is 655. The van der Waals surface area contributed by atoms with Crippen molar-refractivity contribution in [3.8, 4) is 0 Å². The maximum atomic E-state index is 13.0. The van der Waals surface area contributed by atoms with Crippen molar-refractivity contribution in [2.45, 2.75) is 43.6 Å². The normalized spacial score (nSPS) is 21.1. The summed E-state index contributed by atoms with van der Waals surface area (Å²) in [5, 5.41) is 14.4. The van der Waals surface area contributed by atoms with Crippen molar-refractivity contribution in [3.63, 3.8) is 0 Å². The van der Waals surface area contributed by atoms with Crippen LogP contribution in [0.25, 0.3) is 0 Å². The van der Waals surface area contributed by atoms with Gasteiger partial charge in [-0.2, -0.15) is 0 Å². The molecule has 1 saturated carbocycles. The molecule has 2 aliphatic rings. The Balaban J connectivity index is 1.84. The fourth-order valence-electron chi connectivity index (χ4n) is 3.85. The predicted molar refractivity (Wildman–Crippen MR) is 101 cm³/mol. The molecule has 1 aliphatic carbocycles. The molecule has 0 bridgehead atoms. The molecule has 0 radical (unpaired) electrons. The summed E-state index contributed by atoms with van der Waals surface area (Å²) in [6, 6.07) is 7.31. The highest BCUT2D eigenvalue weighted by Crippen LogP contribution is 2.42. The minimum absolute atomic E-state index is 0.510. The van der Waals surface area contributed by atoms with Gasteiger partial charge >= 0.3 is 12.1 Å². The summed E-state index contributed by atoms with van der Waals surface area (Å²) >= 11 is 3.48. The molecule has 0 spiro atoms. The summed E-state index contributed by atoms with van der Waals surface area (Å²) in [7, 11) is 0. The molecule has 26 heavy (non-hydrogen) atoms. The SMILES string of the molecule is O=C(OC(=O)N1CCNCC1)C(c1ccccc1Br)C1(O)CCCCC1. The Morgan fingerprint density at radius 1 is 1.15 bits per heavy atom. The average Bonchev–Trinajstić information content (AvgIpc) is 2.64. The second-order valence-electron chi connectivity index (χ2n) is 7.04. The molecule has 3 rings (SSSR count). The molecule has 1 heterocycles. The van der Waals surface area contributed by atoms with Crippen molar-refractivity contribution in [2.75, 3.05) is 26.2 Å². The van der Waals surface area contributed by atoms with Crippen molar-refractivity contribution >= 4 is 28.0 Å². The summed E-state index contributed by atoms with van der Waals surface area (Å²) < 4.78 is 5.95. The summed E-state index contributed by atoms with van der Waals surface area (Å²) in [6.07, 6.45) is 3.17. The van der Waals surface area contributed by atoms with Crippen LogP contribution in [0, 0.1) is 0 Å². The van der Waals surface area contributed by atoms with E-state index in [4.69, 9.17) is 4.74 Å². The number of piperazine rings is 1. The highest BCUT2D eigenvalue weighted by molar-refractivity contribution is 9.10. The standard InChI is InChI=1S/C19H25BrN2O4/c20-15-7-3-2-6-14(15)16(19(25)8-4-1-5-9-19)17(23)26-18(24)22-12-10-21-11-13-22/h2-3,6-7,16,21,25H,1,4-5,8-13H2. The maximum absolute atomic E-state index is 13.0. The number of carbonyl (C=O) groups is 2. The monoisotopic (exact) mass is 424 g/mol. The minimum atomic E-state index is -1.19. The molecule has 1 amide bonds. The summed E-state index contributed by atoms with van der Waals surface area (Å²) in [5.41, 5.74) is -0.529. The Morgan fingerprint density at radius 3 is 2.46 bits per heavy atom. The number of rotatable bonds is 3. The number of hydrogen-bond acceptors (Lipinski definition) is 5. The van der Waals surface area contributed by atoms with E-state index < -0.39 is 23.6 Å². The van der Waals surface area contributed by atoms with Crippen LogP contribution in [0.2, 0.25) is 0 Å². The fourth-order valence-corrected chi connectivity index (χ4v) is 4.37. The van der Waals surface area contributed by atoms with E-state index in [9.17, 15) is 14.7 Å². The zero-order chi connectivity index (χ0) is 18.6. The molecule has 142 valence electrons. The van der Waals surface area contributed by atoms with E-state index in [-0.39, 0.29) is 0 Å². The van der Waals surface area contributed by atoms with Gasteiger partial charge in [-0.25, -0.2) is 4.79 Å². The molecule has 1 aromatic carbocycles. The third-order valence-electron chi connectivity index (χ3n) is 5.27. The first kappa shape index (κ1) is 19.3. The van der Waals surface area contributed by atoms with Gasteiger partial charge < -0.3 is 20.1 Å². The number of amides is 1. The van der Waals surface area contributed by atoms with Crippen LogP contribution in [0.15, 0.2) is 28.7 Å². The zero-order valence-electron chi connectivity index (χ0n) is 14.7. The number of esters is 1. The van der Waals surface area contributed by atoms with Crippen LogP contribution >= 0.6 is 15.9 Å². The van der Waals surface area contributed by atoms with E-state index in [1.54, 1.807) is 6.07 Å². The van der Waals surface area contributed by atoms with Crippen molar-refractivity contribution < 1.29 is 19.4 Å². The van der Waals surface area contributed by atoms with Crippen LogP contribution in [-0.4, -0.2) is 53.8 Å². The van der Waals surface area contributed by atoms with Crippen molar-refractivity contribution in [1.82, 2.24) is 10.2 Å². The van der Waals surface area contributed by atoms with Gasteiger partial charge in [0.15, 0.2) is 0 Å². The number of benzene rings is 1. The Kier molecular flexibility index (Phi) is 6.32. The number of carbonyl (C=O) groups excluding carboxylic acids is 2. The van der Waals surface area contributed by atoms with Gasteiger partial charge in [0.25, 0.3) is 0 Å². The van der Waals surface area contributed by atoms with E-state index in [0.717, 1.165) is 23.7 Å². The number of aliphatic hydroxyl groups is 1. The number of nitrogens with zero attached hydrogens (tertiary/aromatic N) is 1.